The number of nitrogens with two attached hydrogens (primary N) is 1. The van der Waals surface area contributed by atoms with E-state index in [-0.39, 0.29) is 18.0 Å². The van der Waals surface area contributed by atoms with Gasteiger partial charge >= 0.3 is 0 Å². The van der Waals surface area contributed by atoms with Crippen molar-refractivity contribution in [2.45, 2.75) is 39.7 Å². The summed E-state index contributed by atoms with van der Waals surface area (Å²) in [5.74, 6) is 1.29. The summed E-state index contributed by atoms with van der Waals surface area (Å²) in [5, 5.41) is 5.11. The zero-order valence-electron chi connectivity index (χ0n) is 13.0. The highest BCUT2D eigenvalue weighted by Crippen LogP contribution is 2.42. The van der Waals surface area contributed by atoms with E-state index in [1.807, 2.05) is 45.9 Å². The summed E-state index contributed by atoms with van der Waals surface area (Å²) in [6.45, 7) is 7.93. The van der Waals surface area contributed by atoms with Gasteiger partial charge in [-0.05, 0) is 19.9 Å². The maximum atomic E-state index is 11.2. The third-order valence-corrected chi connectivity index (χ3v) is 4.45. The molecule has 0 radical (unpaired) electrons. The summed E-state index contributed by atoms with van der Waals surface area (Å²) < 4.78 is 34.2. The lowest BCUT2D eigenvalue weighted by Crippen LogP contribution is -2.33. The molecule has 0 spiro atoms. The molecule has 1 aliphatic heterocycles. The van der Waals surface area contributed by atoms with Crippen molar-refractivity contribution >= 4 is 10.0 Å². The molecular weight excluding hydrogens is 290 g/mol. The standard InChI is InChI=1S/C15H23NO4S/c1-14(2,10-21(16,17)18)9-19-12-7-5-6-11-8-15(3,4)20-13(11)12/h5-7H,8-10H2,1-4H3,(H2,16,17,18). The number of ether oxygens (including phenoxy) is 2. The average Bonchev–Trinajstić information content (AvgIpc) is 2.57. The Balaban J connectivity index is 2.11. The van der Waals surface area contributed by atoms with Crippen LogP contribution >= 0.6 is 0 Å². The van der Waals surface area contributed by atoms with Gasteiger partial charge in [0.15, 0.2) is 11.5 Å². The van der Waals surface area contributed by atoms with E-state index >= 15 is 0 Å². The molecule has 0 atom stereocenters. The SMILES string of the molecule is CC(C)(COc1cccc2c1OC(C)(C)C2)CS(N)(=O)=O. The summed E-state index contributed by atoms with van der Waals surface area (Å²) in [6.07, 6.45) is 0.833. The Hall–Kier alpha value is -1.27. The van der Waals surface area contributed by atoms with Crippen LogP contribution in [0.2, 0.25) is 0 Å². The molecule has 1 heterocycles. The van der Waals surface area contributed by atoms with Gasteiger partial charge in [-0.3, -0.25) is 0 Å². The van der Waals surface area contributed by atoms with Crippen molar-refractivity contribution in [2.24, 2.45) is 10.6 Å². The number of primary sulfonamides is 1. The number of fused-ring (bicyclic) bond motifs is 1. The molecule has 0 unspecified atom stereocenters. The second-order valence-corrected chi connectivity index (χ2v) is 8.66. The molecular formula is C15H23NO4S. The van der Waals surface area contributed by atoms with Crippen molar-refractivity contribution in [3.8, 4) is 11.5 Å². The molecule has 1 aromatic carbocycles. The Morgan fingerprint density at radius 3 is 2.67 bits per heavy atom. The first kappa shape index (κ1) is 16.1. The molecule has 2 rings (SSSR count). The number of sulfonamides is 1. The van der Waals surface area contributed by atoms with E-state index in [4.69, 9.17) is 14.6 Å². The molecule has 5 nitrogen and oxygen atoms in total. The van der Waals surface area contributed by atoms with Gasteiger partial charge < -0.3 is 9.47 Å². The molecule has 6 heteroatoms. The third-order valence-electron chi connectivity index (χ3n) is 3.27. The van der Waals surface area contributed by atoms with Gasteiger partial charge in [0.2, 0.25) is 10.0 Å². The van der Waals surface area contributed by atoms with E-state index in [2.05, 4.69) is 0 Å². The van der Waals surface area contributed by atoms with Crippen LogP contribution in [0.25, 0.3) is 0 Å². The molecule has 0 aromatic heterocycles. The molecule has 0 bridgehead atoms. The van der Waals surface area contributed by atoms with E-state index < -0.39 is 15.4 Å². The van der Waals surface area contributed by atoms with E-state index in [1.54, 1.807) is 0 Å². The summed E-state index contributed by atoms with van der Waals surface area (Å²) >= 11 is 0. The highest BCUT2D eigenvalue weighted by Gasteiger charge is 2.33. The van der Waals surface area contributed by atoms with E-state index in [0.717, 1.165) is 17.7 Å². The van der Waals surface area contributed by atoms with Gasteiger partial charge in [-0.1, -0.05) is 26.0 Å². The van der Waals surface area contributed by atoms with Gasteiger partial charge in [0.05, 0.1) is 12.4 Å². The van der Waals surface area contributed by atoms with Crippen molar-refractivity contribution < 1.29 is 17.9 Å². The minimum absolute atomic E-state index is 0.124. The number of hydrogen-bond acceptors (Lipinski definition) is 4. The lowest BCUT2D eigenvalue weighted by atomic mass is 9.98. The highest BCUT2D eigenvalue weighted by molar-refractivity contribution is 7.89. The first-order chi connectivity index (χ1) is 9.48. The van der Waals surface area contributed by atoms with E-state index in [1.165, 1.54) is 0 Å². The largest absolute Gasteiger partial charge is 0.489 e. The predicted molar refractivity (Wildman–Crippen MR) is 82.1 cm³/mol. The van der Waals surface area contributed by atoms with Crippen LogP contribution in [0.5, 0.6) is 11.5 Å². The zero-order chi connectivity index (χ0) is 15.9. The average molecular weight is 313 g/mol. The molecule has 0 saturated carbocycles. The van der Waals surface area contributed by atoms with Crippen LogP contribution in [-0.4, -0.2) is 26.4 Å². The highest BCUT2D eigenvalue weighted by atomic mass is 32.2. The molecule has 21 heavy (non-hydrogen) atoms. The van der Waals surface area contributed by atoms with Gasteiger partial charge in [-0.25, -0.2) is 13.6 Å². The first-order valence-corrected chi connectivity index (χ1v) is 8.63. The van der Waals surface area contributed by atoms with Gasteiger partial charge in [0.25, 0.3) is 0 Å². The quantitative estimate of drug-likeness (QED) is 0.903. The Bertz CT molecular complexity index is 635. The third kappa shape index (κ3) is 4.35. The minimum Gasteiger partial charge on any atom is -0.489 e. The Morgan fingerprint density at radius 1 is 1.38 bits per heavy atom. The van der Waals surface area contributed by atoms with Crippen LogP contribution in [0.1, 0.15) is 33.3 Å². The summed E-state index contributed by atoms with van der Waals surface area (Å²) in [6, 6.07) is 5.78. The molecule has 0 aliphatic carbocycles. The van der Waals surface area contributed by atoms with Gasteiger partial charge in [0, 0.05) is 17.4 Å². The van der Waals surface area contributed by atoms with Gasteiger partial charge in [0.1, 0.15) is 5.60 Å². The fraction of sp³-hybridized carbons (Fsp3) is 0.600. The Kier molecular flexibility index (Phi) is 3.97. The van der Waals surface area contributed by atoms with Crippen molar-refractivity contribution in [1.82, 2.24) is 0 Å². The molecule has 2 N–H and O–H groups in total. The summed E-state index contributed by atoms with van der Waals surface area (Å²) in [4.78, 5) is 0. The van der Waals surface area contributed by atoms with Crippen LogP contribution in [0.3, 0.4) is 0 Å². The lowest BCUT2D eigenvalue weighted by Gasteiger charge is -2.24. The van der Waals surface area contributed by atoms with Crippen molar-refractivity contribution in [3.63, 3.8) is 0 Å². The van der Waals surface area contributed by atoms with Crippen molar-refractivity contribution in [3.05, 3.63) is 23.8 Å². The fourth-order valence-electron chi connectivity index (χ4n) is 2.56. The summed E-state index contributed by atoms with van der Waals surface area (Å²) in [7, 11) is -3.53. The number of para-hydroxylation sites is 1. The van der Waals surface area contributed by atoms with Crippen LogP contribution in [0.4, 0.5) is 0 Å². The maximum Gasteiger partial charge on any atom is 0.209 e. The normalized spacial score (nSPS) is 17.2. The number of rotatable bonds is 5. The van der Waals surface area contributed by atoms with Gasteiger partial charge in [-0.2, -0.15) is 0 Å². The van der Waals surface area contributed by atoms with Crippen LogP contribution in [0.15, 0.2) is 18.2 Å². The molecule has 0 saturated heterocycles. The molecule has 0 fully saturated rings. The zero-order valence-corrected chi connectivity index (χ0v) is 13.8. The second-order valence-electron chi connectivity index (χ2n) is 7.04. The van der Waals surface area contributed by atoms with Crippen LogP contribution < -0.4 is 14.6 Å². The predicted octanol–water partition coefficient (Wildman–Crippen LogP) is 2.09. The first-order valence-electron chi connectivity index (χ1n) is 6.92. The fourth-order valence-corrected chi connectivity index (χ4v) is 3.73. The van der Waals surface area contributed by atoms with E-state index in [0.29, 0.717) is 5.75 Å². The van der Waals surface area contributed by atoms with Crippen molar-refractivity contribution in [2.75, 3.05) is 12.4 Å². The topological polar surface area (TPSA) is 78.6 Å². The van der Waals surface area contributed by atoms with Crippen LogP contribution in [-0.2, 0) is 16.4 Å². The summed E-state index contributed by atoms with van der Waals surface area (Å²) in [5.41, 5.74) is 0.310. The number of hydrogen-bond donors (Lipinski definition) is 1. The molecule has 1 aliphatic rings. The van der Waals surface area contributed by atoms with Crippen molar-refractivity contribution in [1.29, 1.82) is 0 Å². The lowest BCUT2D eigenvalue weighted by molar-refractivity contribution is 0.127. The molecule has 118 valence electrons. The van der Waals surface area contributed by atoms with E-state index in [9.17, 15) is 8.42 Å². The van der Waals surface area contributed by atoms with Crippen LogP contribution in [0, 0.1) is 5.41 Å². The number of benzene rings is 1. The molecule has 0 amide bonds. The van der Waals surface area contributed by atoms with Gasteiger partial charge in [-0.15, -0.1) is 0 Å². The smallest absolute Gasteiger partial charge is 0.209 e. The monoisotopic (exact) mass is 313 g/mol. The Morgan fingerprint density at radius 2 is 2.05 bits per heavy atom. The maximum absolute atomic E-state index is 11.2. The Labute approximate surface area is 126 Å². The molecule has 1 aromatic rings. The second kappa shape index (κ2) is 5.18. The minimum atomic E-state index is -3.53.